The summed E-state index contributed by atoms with van der Waals surface area (Å²) in [5.74, 6) is 5.82. The van der Waals surface area contributed by atoms with Crippen molar-refractivity contribution in [3.63, 3.8) is 0 Å². The van der Waals surface area contributed by atoms with E-state index < -0.39 is 0 Å². The van der Waals surface area contributed by atoms with E-state index in [1.807, 2.05) is 24.3 Å². The molecule has 0 atom stereocenters. The Kier molecular flexibility index (Phi) is 6.28. The van der Waals surface area contributed by atoms with E-state index in [-0.39, 0.29) is 0 Å². The number of hydrogen-bond acceptors (Lipinski definition) is 3. The average molecular weight is 219 g/mol. The summed E-state index contributed by atoms with van der Waals surface area (Å²) < 4.78 is 10.3. The summed E-state index contributed by atoms with van der Waals surface area (Å²) >= 11 is 0. The molecule has 2 N–H and O–H groups in total. The maximum Gasteiger partial charge on any atom is 0.0718 e. The van der Waals surface area contributed by atoms with Gasteiger partial charge in [0, 0.05) is 12.7 Å². The Morgan fingerprint density at radius 2 is 2.19 bits per heavy atom. The number of ether oxygens (including phenoxy) is 2. The largest absolute Gasteiger partial charge is 0.382 e. The highest BCUT2D eigenvalue weighted by Crippen LogP contribution is 2.05. The van der Waals surface area contributed by atoms with E-state index in [0.29, 0.717) is 26.4 Å². The molecule has 0 saturated carbocycles. The van der Waals surface area contributed by atoms with Crippen molar-refractivity contribution < 1.29 is 9.47 Å². The first kappa shape index (κ1) is 12.7. The Bertz CT molecular complexity index is 366. The highest BCUT2D eigenvalue weighted by Gasteiger charge is 1.94. The molecule has 0 saturated heterocycles. The van der Waals surface area contributed by atoms with Crippen LogP contribution >= 0.6 is 0 Å². The Hall–Kier alpha value is -1.34. The molecule has 0 aliphatic carbocycles. The summed E-state index contributed by atoms with van der Waals surface area (Å²) in [6.45, 7) is 2.19. The van der Waals surface area contributed by atoms with Gasteiger partial charge in [0.25, 0.3) is 0 Å². The minimum absolute atomic E-state index is 0.383. The second kappa shape index (κ2) is 7.89. The van der Waals surface area contributed by atoms with E-state index in [1.54, 1.807) is 7.11 Å². The molecule has 1 aromatic carbocycles. The first-order chi connectivity index (χ1) is 7.86. The van der Waals surface area contributed by atoms with Gasteiger partial charge in [-0.05, 0) is 17.7 Å². The number of hydrogen-bond donors (Lipinski definition) is 1. The standard InChI is InChI=1S/C13H17NO2/c1-15-8-9-16-11-13-5-2-4-12(10-13)6-3-7-14/h2,4-5,10H,7-9,11,14H2,1H3. The Morgan fingerprint density at radius 3 is 2.94 bits per heavy atom. The van der Waals surface area contributed by atoms with Gasteiger partial charge in [-0.15, -0.1) is 0 Å². The molecular weight excluding hydrogens is 202 g/mol. The zero-order valence-electron chi connectivity index (χ0n) is 9.53. The van der Waals surface area contributed by atoms with E-state index in [4.69, 9.17) is 15.2 Å². The molecule has 0 fully saturated rings. The topological polar surface area (TPSA) is 44.5 Å². The maximum atomic E-state index is 5.42. The van der Waals surface area contributed by atoms with E-state index in [9.17, 15) is 0 Å². The quantitative estimate of drug-likeness (QED) is 0.597. The number of nitrogens with two attached hydrogens (primary N) is 1. The first-order valence-corrected chi connectivity index (χ1v) is 5.21. The minimum atomic E-state index is 0.383. The van der Waals surface area contributed by atoms with Gasteiger partial charge in [-0.2, -0.15) is 0 Å². The molecule has 0 aliphatic rings. The Balaban J connectivity index is 2.47. The summed E-state index contributed by atoms with van der Waals surface area (Å²) in [5.41, 5.74) is 7.40. The van der Waals surface area contributed by atoms with Gasteiger partial charge in [0.2, 0.25) is 0 Å². The molecular formula is C13H17NO2. The van der Waals surface area contributed by atoms with Crippen molar-refractivity contribution in [2.45, 2.75) is 6.61 Å². The lowest BCUT2D eigenvalue weighted by Gasteiger charge is -2.03. The van der Waals surface area contributed by atoms with Crippen LogP contribution < -0.4 is 5.73 Å². The van der Waals surface area contributed by atoms with Crippen molar-refractivity contribution in [2.75, 3.05) is 26.9 Å². The third kappa shape index (κ3) is 4.94. The van der Waals surface area contributed by atoms with E-state index in [2.05, 4.69) is 11.8 Å². The van der Waals surface area contributed by atoms with Crippen molar-refractivity contribution in [1.82, 2.24) is 0 Å². The molecule has 1 rings (SSSR count). The van der Waals surface area contributed by atoms with Gasteiger partial charge in [0.15, 0.2) is 0 Å². The lowest BCUT2D eigenvalue weighted by atomic mass is 10.1. The number of benzene rings is 1. The fourth-order valence-corrected chi connectivity index (χ4v) is 1.22. The molecule has 0 aliphatic heterocycles. The van der Waals surface area contributed by atoms with Crippen LogP contribution in [-0.2, 0) is 16.1 Å². The summed E-state index contributed by atoms with van der Waals surface area (Å²) in [4.78, 5) is 0. The highest BCUT2D eigenvalue weighted by molar-refractivity contribution is 5.37. The van der Waals surface area contributed by atoms with E-state index in [1.165, 1.54) is 0 Å². The molecule has 3 nitrogen and oxygen atoms in total. The Morgan fingerprint density at radius 1 is 1.31 bits per heavy atom. The molecule has 0 heterocycles. The summed E-state index contributed by atoms with van der Waals surface area (Å²) in [6.07, 6.45) is 0. The lowest BCUT2D eigenvalue weighted by Crippen LogP contribution is -2.01. The van der Waals surface area contributed by atoms with Gasteiger partial charge >= 0.3 is 0 Å². The predicted octanol–water partition coefficient (Wildman–Crippen LogP) is 1.16. The zero-order valence-corrected chi connectivity index (χ0v) is 9.53. The van der Waals surface area contributed by atoms with Crippen molar-refractivity contribution in [2.24, 2.45) is 5.73 Å². The van der Waals surface area contributed by atoms with Gasteiger partial charge in [-0.1, -0.05) is 24.0 Å². The fourth-order valence-electron chi connectivity index (χ4n) is 1.22. The zero-order chi connectivity index (χ0) is 11.6. The maximum absolute atomic E-state index is 5.42. The molecule has 3 heteroatoms. The number of methoxy groups -OCH3 is 1. The SMILES string of the molecule is COCCOCc1cccc(C#CCN)c1. The van der Waals surface area contributed by atoms with Crippen LogP contribution in [0.25, 0.3) is 0 Å². The monoisotopic (exact) mass is 219 g/mol. The van der Waals surface area contributed by atoms with Crippen molar-refractivity contribution in [1.29, 1.82) is 0 Å². The van der Waals surface area contributed by atoms with Crippen LogP contribution in [0.4, 0.5) is 0 Å². The fraction of sp³-hybridized carbons (Fsp3) is 0.385. The van der Waals surface area contributed by atoms with Crippen LogP contribution in [0.1, 0.15) is 11.1 Å². The normalized spacial score (nSPS) is 9.62. The summed E-state index contributed by atoms with van der Waals surface area (Å²) in [6, 6.07) is 7.95. The molecule has 0 bridgehead atoms. The predicted molar refractivity (Wildman–Crippen MR) is 63.9 cm³/mol. The van der Waals surface area contributed by atoms with E-state index in [0.717, 1.165) is 11.1 Å². The molecule has 0 radical (unpaired) electrons. The molecule has 86 valence electrons. The second-order valence-electron chi connectivity index (χ2n) is 3.25. The third-order valence-corrected chi connectivity index (χ3v) is 1.96. The lowest BCUT2D eigenvalue weighted by molar-refractivity contribution is 0.0616. The van der Waals surface area contributed by atoms with Crippen LogP contribution in [0.15, 0.2) is 24.3 Å². The van der Waals surface area contributed by atoms with Crippen molar-refractivity contribution in [3.8, 4) is 11.8 Å². The molecule has 16 heavy (non-hydrogen) atoms. The average Bonchev–Trinajstić information content (AvgIpc) is 2.33. The molecule has 0 aromatic heterocycles. The van der Waals surface area contributed by atoms with Gasteiger partial charge in [-0.25, -0.2) is 0 Å². The van der Waals surface area contributed by atoms with E-state index >= 15 is 0 Å². The minimum Gasteiger partial charge on any atom is -0.382 e. The molecule has 0 amide bonds. The van der Waals surface area contributed by atoms with Crippen LogP contribution in [0.2, 0.25) is 0 Å². The van der Waals surface area contributed by atoms with Gasteiger partial charge < -0.3 is 15.2 Å². The van der Waals surface area contributed by atoms with Crippen molar-refractivity contribution in [3.05, 3.63) is 35.4 Å². The second-order valence-corrected chi connectivity index (χ2v) is 3.25. The van der Waals surface area contributed by atoms with Gasteiger partial charge in [0.05, 0.1) is 26.4 Å². The van der Waals surface area contributed by atoms with Gasteiger partial charge in [-0.3, -0.25) is 0 Å². The highest BCUT2D eigenvalue weighted by atomic mass is 16.5. The van der Waals surface area contributed by atoms with Crippen LogP contribution in [0, 0.1) is 11.8 Å². The molecule has 0 spiro atoms. The number of rotatable bonds is 5. The summed E-state index contributed by atoms with van der Waals surface area (Å²) in [5, 5.41) is 0. The molecule has 1 aromatic rings. The first-order valence-electron chi connectivity index (χ1n) is 5.21. The van der Waals surface area contributed by atoms with Crippen LogP contribution in [-0.4, -0.2) is 26.9 Å². The Labute approximate surface area is 96.6 Å². The third-order valence-electron chi connectivity index (χ3n) is 1.96. The van der Waals surface area contributed by atoms with Crippen LogP contribution in [0.3, 0.4) is 0 Å². The smallest absolute Gasteiger partial charge is 0.0718 e. The summed E-state index contributed by atoms with van der Waals surface area (Å²) in [7, 11) is 1.66. The molecule has 0 unspecified atom stereocenters. The van der Waals surface area contributed by atoms with Crippen molar-refractivity contribution >= 4 is 0 Å². The van der Waals surface area contributed by atoms with Gasteiger partial charge in [0.1, 0.15) is 0 Å². The van der Waals surface area contributed by atoms with Crippen LogP contribution in [0.5, 0.6) is 0 Å².